The quantitative estimate of drug-likeness (QED) is 0.768. The molecule has 0 bridgehead atoms. The molecule has 0 saturated heterocycles. The molecule has 0 fully saturated rings. The van der Waals surface area contributed by atoms with Crippen LogP contribution in [0.15, 0.2) is 30.5 Å². The van der Waals surface area contributed by atoms with Crippen molar-refractivity contribution in [3.05, 3.63) is 41.7 Å². The number of rotatable bonds is 7. The van der Waals surface area contributed by atoms with Crippen molar-refractivity contribution in [1.82, 2.24) is 15.1 Å². The molecule has 2 rings (SSSR count). The molecular formula is C18H25N3O4S. The highest BCUT2D eigenvalue weighted by Gasteiger charge is 2.21. The van der Waals surface area contributed by atoms with Gasteiger partial charge in [0, 0.05) is 11.8 Å². The molecular weight excluding hydrogens is 354 g/mol. The standard InChI is InChI=1S/C18H25N3O4S/c1-5-26(24,25)11-13(4)19-18(23)17-16(22)10-21(20-17)15-8-6-7-14(9-15)12(2)3/h6-10,12-13,22H,5,11H2,1-4H3,(H,19,23)/t13-/m1/s1. The number of benzene rings is 1. The van der Waals surface area contributed by atoms with Crippen LogP contribution in [0.1, 0.15) is 49.7 Å². The van der Waals surface area contributed by atoms with Crippen LogP contribution in [0.25, 0.3) is 5.69 Å². The Morgan fingerprint density at radius 1 is 1.31 bits per heavy atom. The van der Waals surface area contributed by atoms with Crippen molar-refractivity contribution in [2.75, 3.05) is 11.5 Å². The molecule has 1 heterocycles. The Morgan fingerprint density at radius 3 is 2.62 bits per heavy atom. The second-order valence-electron chi connectivity index (χ2n) is 6.63. The molecule has 0 aliphatic rings. The lowest BCUT2D eigenvalue weighted by atomic mass is 10.0. The highest BCUT2D eigenvalue weighted by Crippen LogP contribution is 2.21. The normalized spacial score (nSPS) is 13.0. The Bertz CT molecular complexity index is 888. The number of carbonyl (C=O) groups excluding carboxylic acids is 1. The van der Waals surface area contributed by atoms with Gasteiger partial charge in [-0.05, 0) is 30.5 Å². The van der Waals surface area contributed by atoms with Gasteiger partial charge in [-0.3, -0.25) is 4.79 Å². The molecule has 0 unspecified atom stereocenters. The average Bonchev–Trinajstić information content (AvgIpc) is 2.96. The van der Waals surface area contributed by atoms with E-state index in [0.717, 1.165) is 11.3 Å². The van der Waals surface area contributed by atoms with Crippen LogP contribution in [0.5, 0.6) is 5.75 Å². The monoisotopic (exact) mass is 379 g/mol. The lowest BCUT2D eigenvalue weighted by molar-refractivity contribution is 0.0935. The molecule has 1 aromatic heterocycles. The Hall–Kier alpha value is -2.35. The maximum atomic E-state index is 12.3. The second kappa shape index (κ2) is 7.90. The first kappa shape index (κ1) is 20.0. The average molecular weight is 379 g/mol. The van der Waals surface area contributed by atoms with Gasteiger partial charge in [0.05, 0.1) is 17.6 Å². The Morgan fingerprint density at radius 2 is 2.00 bits per heavy atom. The summed E-state index contributed by atoms with van der Waals surface area (Å²) in [4.78, 5) is 12.3. The van der Waals surface area contributed by atoms with E-state index >= 15 is 0 Å². The van der Waals surface area contributed by atoms with Gasteiger partial charge in [-0.25, -0.2) is 13.1 Å². The lowest BCUT2D eigenvalue weighted by Gasteiger charge is -2.12. The van der Waals surface area contributed by atoms with E-state index in [1.54, 1.807) is 13.8 Å². The topological polar surface area (TPSA) is 101 Å². The Labute approximate surface area is 154 Å². The number of nitrogens with one attached hydrogen (secondary N) is 1. The maximum Gasteiger partial charge on any atom is 0.275 e. The predicted molar refractivity (Wildman–Crippen MR) is 101 cm³/mol. The van der Waals surface area contributed by atoms with E-state index in [0.29, 0.717) is 5.92 Å². The fourth-order valence-electron chi connectivity index (χ4n) is 2.52. The third kappa shape index (κ3) is 4.85. The third-order valence-corrected chi connectivity index (χ3v) is 5.92. The van der Waals surface area contributed by atoms with E-state index in [2.05, 4.69) is 24.3 Å². The first-order chi connectivity index (χ1) is 12.1. The smallest absolute Gasteiger partial charge is 0.275 e. The fourth-order valence-corrected chi connectivity index (χ4v) is 3.60. The summed E-state index contributed by atoms with van der Waals surface area (Å²) in [6.45, 7) is 7.31. The van der Waals surface area contributed by atoms with Crippen molar-refractivity contribution in [3.63, 3.8) is 0 Å². The summed E-state index contributed by atoms with van der Waals surface area (Å²) in [6, 6.07) is 7.08. The number of nitrogens with zero attached hydrogens (tertiary/aromatic N) is 2. The highest BCUT2D eigenvalue weighted by atomic mass is 32.2. The summed E-state index contributed by atoms with van der Waals surface area (Å²) >= 11 is 0. The summed E-state index contributed by atoms with van der Waals surface area (Å²) in [5.74, 6) is -0.682. The molecule has 7 nitrogen and oxygen atoms in total. The minimum absolute atomic E-state index is 0.0132. The fraction of sp³-hybridized carbons (Fsp3) is 0.444. The van der Waals surface area contributed by atoms with E-state index in [4.69, 9.17) is 0 Å². The molecule has 0 radical (unpaired) electrons. The van der Waals surface area contributed by atoms with E-state index in [1.165, 1.54) is 10.9 Å². The molecule has 1 aromatic carbocycles. The van der Waals surface area contributed by atoms with Crippen molar-refractivity contribution in [2.24, 2.45) is 0 Å². The number of aromatic hydroxyl groups is 1. The summed E-state index contributed by atoms with van der Waals surface area (Å²) in [5, 5.41) is 16.8. The van der Waals surface area contributed by atoms with Gasteiger partial charge in [0.2, 0.25) is 0 Å². The van der Waals surface area contributed by atoms with Crippen LogP contribution < -0.4 is 5.32 Å². The van der Waals surface area contributed by atoms with Crippen molar-refractivity contribution < 1.29 is 18.3 Å². The van der Waals surface area contributed by atoms with Crippen molar-refractivity contribution in [3.8, 4) is 11.4 Å². The van der Waals surface area contributed by atoms with Gasteiger partial charge in [-0.2, -0.15) is 5.10 Å². The van der Waals surface area contributed by atoms with Crippen LogP contribution in [-0.4, -0.2) is 46.8 Å². The predicted octanol–water partition coefficient (Wildman–Crippen LogP) is 2.25. The zero-order chi connectivity index (χ0) is 19.5. The van der Waals surface area contributed by atoms with Gasteiger partial charge < -0.3 is 10.4 Å². The van der Waals surface area contributed by atoms with Crippen LogP contribution >= 0.6 is 0 Å². The SMILES string of the molecule is CCS(=O)(=O)C[C@@H](C)NC(=O)c1nn(-c2cccc(C(C)C)c2)cc1O. The van der Waals surface area contributed by atoms with Crippen molar-refractivity contribution in [2.45, 2.75) is 39.7 Å². The molecule has 2 aromatic rings. The number of sulfone groups is 1. The molecule has 8 heteroatoms. The van der Waals surface area contributed by atoms with Gasteiger partial charge in [0.15, 0.2) is 21.3 Å². The maximum absolute atomic E-state index is 12.3. The number of hydrogen-bond acceptors (Lipinski definition) is 5. The first-order valence-electron chi connectivity index (χ1n) is 8.53. The van der Waals surface area contributed by atoms with E-state index in [-0.39, 0.29) is 22.9 Å². The molecule has 1 atom stereocenters. The Kier molecular flexibility index (Phi) is 6.07. The minimum Gasteiger partial charge on any atom is -0.504 e. The molecule has 2 N–H and O–H groups in total. The molecule has 0 aliphatic heterocycles. The second-order valence-corrected chi connectivity index (χ2v) is 9.03. The largest absolute Gasteiger partial charge is 0.504 e. The van der Waals surface area contributed by atoms with Gasteiger partial charge in [0.1, 0.15) is 0 Å². The van der Waals surface area contributed by atoms with Crippen molar-refractivity contribution in [1.29, 1.82) is 0 Å². The zero-order valence-corrected chi connectivity index (χ0v) is 16.2. The number of hydrogen-bond donors (Lipinski definition) is 2. The molecule has 0 saturated carbocycles. The van der Waals surface area contributed by atoms with Crippen LogP contribution in [0.3, 0.4) is 0 Å². The highest BCUT2D eigenvalue weighted by molar-refractivity contribution is 7.91. The van der Waals surface area contributed by atoms with E-state index < -0.39 is 21.8 Å². The minimum atomic E-state index is -3.21. The first-order valence-corrected chi connectivity index (χ1v) is 10.3. The summed E-state index contributed by atoms with van der Waals surface area (Å²) in [5.41, 5.74) is 1.70. The molecule has 0 aliphatic carbocycles. The van der Waals surface area contributed by atoms with Gasteiger partial charge in [-0.1, -0.05) is 32.9 Å². The summed E-state index contributed by atoms with van der Waals surface area (Å²) < 4.78 is 24.7. The number of carbonyl (C=O) groups is 1. The molecule has 0 spiro atoms. The van der Waals surface area contributed by atoms with Gasteiger partial charge >= 0.3 is 0 Å². The van der Waals surface area contributed by atoms with Gasteiger partial charge in [-0.15, -0.1) is 0 Å². The van der Waals surface area contributed by atoms with Gasteiger partial charge in [0.25, 0.3) is 5.91 Å². The lowest BCUT2D eigenvalue weighted by Crippen LogP contribution is -2.38. The van der Waals surface area contributed by atoms with Crippen LogP contribution in [0, 0.1) is 0 Å². The van der Waals surface area contributed by atoms with Crippen LogP contribution in [0.4, 0.5) is 0 Å². The number of aromatic nitrogens is 2. The van der Waals surface area contributed by atoms with E-state index in [1.807, 2.05) is 24.3 Å². The van der Waals surface area contributed by atoms with Crippen LogP contribution in [-0.2, 0) is 9.84 Å². The molecule has 1 amide bonds. The molecule has 26 heavy (non-hydrogen) atoms. The van der Waals surface area contributed by atoms with Crippen LogP contribution in [0.2, 0.25) is 0 Å². The third-order valence-electron chi connectivity index (χ3n) is 4.03. The molecule has 142 valence electrons. The summed E-state index contributed by atoms with van der Waals surface area (Å²) in [6.07, 6.45) is 1.36. The Balaban J connectivity index is 2.19. The number of amides is 1. The van der Waals surface area contributed by atoms with Crippen molar-refractivity contribution >= 4 is 15.7 Å². The summed E-state index contributed by atoms with van der Waals surface area (Å²) in [7, 11) is -3.21. The van der Waals surface area contributed by atoms with E-state index in [9.17, 15) is 18.3 Å². The zero-order valence-electron chi connectivity index (χ0n) is 15.4.